The lowest BCUT2D eigenvalue weighted by molar-refractivity contribution is -0.118. The Labute approximate surface area is 109 Å². The largest absolute Gasteiger partial charge is 0.739 e. The van der Waals surface area contributed by atoms with Crippen molar-refractivity contribution in [3.05, 3.63) is 29.8 Å². The fourth-order valence-corrected chi connectivity index (χ4v) is 3.29. The van der Waals surface area contributed by atoms with Gasteiger partial charge in [0.15, 0.2) is 0 Å². The molecule has 0 aliphatic carbocycles. The predicted molar refractivity (Wildman–Crippen MR) is 69.3 cm³/mol. The number of carbonyl (C=O) groups is 1. The van der Waals surface area contributed by atoms with Gasteiger partial charge in [-0.3, -0.25) is 4.79 Å². The van der Waals surface area contributed by atoms with E-state index in [0.29, 0.717) is 6.54 Å². The summed E-state index contributed by atoms with van der Waals surface area (Å²) < 4.78 is 31.2. The van der Waals surface area contributed by atoms with E-state index in [-0.39, 0.29) is 28.9 Å². The lowest BCUT2D eigenvalue weighted by atomic mass is 10.2. The van der Waals surface area contributed by atoms with Crippen molar-refractivity contribution in [2.75, 3.05) is 17.2 Å². The zero-order chi connectivity index (χ0) is 13.2. The molecule has 5 nitrogen and oxygen atoms in total. The van der Waals surface area contributed by atoms with E-state index in [1.165, 1.54) is 0 Å². The number of para-hydroxylation sites is 1. The molecule has 0 N–H and O–H groups in total. The number of amides is 1. The summed E-state index contributed by atoms with van der Waals surface area (Å²) in [5, 5.41) is 0. The van der Waals surface area contributed by atoms with Gasteiger partial charge in [0.1, 0.15) is 9.15 Å². The first-order valence-corrected chi connectivity index (χ1v) is 8.37. The van der Waals surface area contributed by atoms with Crippen LogP contribution in [-0.2, 0) is 20.4 Å². The van der Waals surface area contributed by atoms with Gasteiger partial charge in [0.25, 0.3) is 0 Å². The van der Waals surface area contributed by atoms with Gasteiger partial charge in [-0.15, -0.1) is 0 Å². The van der Waals surface area contributed by atoms with Gasteiger partial charge in [0.05, 0.1) is 0 Å². The normalized spacial score (nSPS) is 14.6. The van der Waals surface area contributed by atoms with Crippen molar-refractivity contribution >= 4 is 31.5 Å². The fourth-order valence-electron chi connectivity index (χ4n) is 1.96. The van der Waals surface area contributed by atoms with Crippen LogP contribution < -0.4 is 4.90 Å². The molecule has 0 fully saturated rings. The Morgan fingerprint density at radius 2 is 2.11 bits per heavy atom. The van der Waals surface area contributed by atoms with Gasteiger partial charge in [0.2, 0.25) is 5.91 Å². The van der Waals surface area contributed by atoms with Crippen LogP contribution in [0.4, 0.5) is 5.69 Å². The SMILES string of the molecule is O=C(CCSS(=O)(=O)[O-])N1CCc2ccccc21. The second kappa shape index (κ2) is 5.29. The van der Waals surface area contributed by atoms with Crippen LogP contribution in [0.2, 0.25) is 0 Å². The summed E-state index contributed by atoms with van der Waals surface area (Å²) in [5.41, 5.74) is 2.01. The summed E-state index contributed by atoms with van der Waals surface area (Å²) in [6, 6.07) is 7.63. The zero-order valence-corrected chi connectivity index (χ0v) is 11.2. The molecule has 2 rings (SSSR count). The first-order chi connectivity index (χ1) is 8.47. The quantitative estimate of drug-likeness (QED) is 0.613. The van der Waals surface area contributed by atoms with E-state index < -0.39 is 9.15 Å². The number of nitrogens with zero attached hydrogens (tertiary/aromatic N) is 1. The van der Waals surface area contributed by atoms with Crippen molar-refractivity contribution in [2.45, 2.75) is 12.8 Å². The smallest absolute Gasteiger partial charge is 0.227 e. The van der Waals surface area contributed by atoms with E-state index in [4.69, 9.17) is 0 Å². The van der Waals surface area contributed by atoms with Crippen molar-refractivity contribution in [1.29, 1.82) is 0 Å². The highest BCUT2D eigenvalue weighted by molar-refractivity contribution is 8.69. The number of hydrogen-bond acceptors (Lipinski definition) is 5. The molecule has 1 aromatic carbocycles. The first kappa shape index (κ1) is 13.4. The third kappa shape index (κ3) is 3.24. The molecule has 0 bridgehead atoms. The number of fused-ring (bicyclic) bond motifs is 1. The Hall–Kier alpha value is -1.05. The highest BCUT2D eigenvalue weighted by Gasteiger charge is 2.23. The predicted octanol–water partition coefficient (Wildman–Crippen LogP) is 1.16. The molecule has 18 heavy (non-hydrogen) atoms. The summed E-state index contributed by atoms with van der Waals surface area (Å²) in [5.74, 6) is -0.139. The summed E-state index contributed by atoms with van der Waals surface area (Å²) in [6.45, 7) is 0.618. The van der Waals surface area contributed by atoms with Crippen LogP contribution >= 0.6 is 10.8 Å². The Bertz CT molecular complexity index is 556. The van der Waals surface area contributed by atoms with E-state index in [0.717, 1.165) is 17.7 Å². The summed E-state index contributed by atoms with van der Waals surface area (Å²) >= 11 is 0. The molecule has 1 aromatic rings. The summed E-state index contributed by atoms with van der Waals surface area (Å²) in [6.07, 6.45) is 0.870. The molecule has 1 aliphatic rings. The number of hydrogen-bond donors (Lipinski definition) is 0. The van der Waals surface area contributed by atoms with Crippen LogP contribution in [-0.4, -0.2) is 31.2 Å². The van der Waals surface area contributed by atoms with Gasteiger partial charge < -0.3 is 9.45 Å². The van der Waals surface area contributed by atoms with Crippen molar-refractivity contribution in [2.24, 2.45) is 0 Å². The maximum absolute atomic E-state index is 11.9. The number of rotatable bonds is 4. The Balaban J connectivity index is 1.96. The minimum absolute atomic E-state index is 0.00331. The molecule has 0 saturated carbocycles. The molecule has 0 unspecified atom stereocenters. The van der Waals surface area contributed by atoms with E-state index in [1.54, 1.807) is 4.90 Å². The second-order valence-corrected chi connectivity index (χ2v) is 7.30. The minimum atomic E-state index is -4.31. The average molecular weight is 286 g/mol. The molecule has 0 saturated heterocycles. The van der Waals surface area contributed by atoms with Gasteiger partial charge in [-0.1, -0.05) is 18.2 Å². The first-order valence-electron chi connectivity index (χ1n) is 5.46. The van der Waals surface area contributed by atoms with E-state index in [1.807, 2.05) is 24.3 Å². The number of anilines is 1. The van der Waals surface area contributed by atoms with Gasteiger partial charge in [-0.2, -0.15) is 0 Å². The maximum atomic E-state index is 11.9. The third-order valence-corrected chi connectivity index (χ3v) is 4.76. The maximum Gasteiger partial charge on any atom is 0.227 e. The summed E-state index contributed by atoms with van der Waals surface area (Å²) in [7, 11) is -4.04. The molecule has 0 radical (unpaired) electrons. The molecule has 0 atom stereocenters. The Morgan fingerprint density at radius 1 is 1.39 bits per heavy atom. The molecular formula is C11H12NO4S2-. The topological polar surface area (TPSA) is 77.5 Å². The average Bonchev–Trinajstić information content (AvgIpc) is 2.70. The van der Waals surface area contributed by atoms with E-state index >= 15 is 0 Å². The highest BCUT2D eigenvalue weighted by Crippen LogP contribution is 2.28. The zero-order valence-electron chi connectivity index (χ0n) is 9.53. The van der Waals surface area contributed by atoms with Gasteiger partial charge in [-0.25, -0.2) is 8.42 Å². The minimum Gasteiger partial charge on any atom is -0.739 e. The molecule has 0 aromatic heterocycles. The third-order valence-electron chi connectivity index (χ3n) is 2.73. The molecule has 98 valence electrons. The van der Waals surface area contributed by atoms with E-state index in [9.17, 15) is 17.8 Å². The summed E-state index contributed by atoms with van der Waals surface area (Å²) in [4.78, 5) is 13.6. The van der Waals surface area contributed by atoms with Crippen LogP contribution in [0.15, 0.2) is 24.3 Å². The van der Waals surface area contributed by atoms with Gasteiger partial charge in [0, 0.05) is 24.4 Å². The standard InChI is InChI=1S/C11H13NO4S2/c13-11(6-8-17-18(14,15)16)12-7-5-9-3-1-2-4-10(9)12/h1-4H,5-8H2,(H,14,15,16)/p-1. The highest BCUT2D eigenvalue weighted by atomic mass is 33.1. The van der Waals surface area contributed by atoms with Gasteiger partial charge in [-0.05, 0) is 28.8 Å². The Kier molecular flexibility index (Phi) is 3.94. The number of benzene rings is 1. The Morgan fingerprint density at radius 3 is 2.83 bits per heavy atom. The fraction of sp³-hybridized carbons (Fsp3) is 0.364. The monoisotopic (exact) mass is 286 g/mol. The van der Waals surface area contributed by atoms with Crippen LogP contribution in [0.5, 0.6) is 0 Å². The lowest BCUT2D eigenvalue weighted by Crippen LogP contribution is -2.29. The van der Waals surface area contributed by atoms with E-state index in [2.05, 4.69) is 0 Å². The number of carbonyl (C=O) groups excluding carboxylic acids is 1. The van der Waals surface area contributed by atoms with Crippen molar-refractivity contribution < 1.29 is 17.8 Å². The van der Waals surface area contributed by atoms with Crippen molar-refractivity contribution in [3.63, 3.8) is 0 Å². The molecule has 1 aliphatic heterocycles. The van der Waals surface area contributed by atoms with Crippen molar-refractivity contribution in [1.82, 2.24) is 0 Å². The van der Waals surface area contributed by atoms with Crippen LogP contribution in [0.3, 0.4) is 0 Å². The van der Waals surface area contributed by atoms with Crippen LogP contribution in [0, 0.1) is 0 Å². The van der Waals surface area contributed by atoms with Crippen LogP contribution in [0.25, 0.3) is 0 Å². The molecule has 1 amide bonds. The second-order valence-electron chi connectivity index (χ2n) is 3.90. The van der Waals surface area contributed by atoms with Gasteiger partial charge >= 0.3 is 0 Å². The molecular weight excluding hydrogens is 274 g/mol. The van der Waals surface area contributed by atoms with Crippen LogP contribution in [0.1, 0.15) is 12.0 Å². The lowest BCUT2D eigenvalue weighted by Gasteiger charge is -2.17. The van der Waals surface area contributed by atoms with Crippen molar-refractivity contribution in [3.8, 4) is 0 Å². The molecule has 7 heteroatoms. The molecule has 1 heterocycles. The molecule has 0 spiro atoms.